The lowest BCUT2D eigenvalue weighted by atomic mass is 9.86. The van der Waals surface area contributed by atoms with Gasteiger partial charge in [-0.15, -0.1) is 0 Å². The number of likely N-dealkylation sites (N-methyl/N-ethyl adjacent to an activating group) is 1. The van der Waals surface area contributed by atoms with Crippen LogP contribution in [0.15, 0.2) is 83.6 Å². The van der Waals surface area contributed by atoms with Crippen molar-refractivity contribution < 1.29 is 29.1 Å². The van der Waals surface area contributed by atoms with E-state index in [1.807, 2.05) is 34.3 Å². The SMILES string of the molecule is CN(C)c1ccc2c(c1)[Si](C)(C)C1=CC(N(C)C)C=CC1=C2c1cc(C(=O)NCCOCCOCCNCc2ccc(C#N)cc2[N+](=O)[O-])ccc1C(=O)O. The number of carbonyl (C=O) groups is 2. The number of ether oxygens (including phenoxy) is 2. The molecule has 1 aliphatic carbocycles. The number of carbonyl (C=O) groups excluding carboxylic acids is 1. The maximum atomic E-state index is 13.4. The topological polar surface area (TPSA) is 170 Å². The first-order valence-corrected chi connectivity index (χ1v) is 21.1. The summed E-state index contributed by atoms with van der Waals surface area (Å²) in [5, 5.41) is 39.1. The Kier molecular flexibility index (Phi) is 13.2. The molecule has 14 heteroatoms. The second kappa shape index (κ2) is 17.8. The van der Waals surface area contributed by atoms with Crippen LogP contribution >= 0.6 is 0 Å². The van der Waals surface area contributed by atoms with E-state index in [2.05, 4.69) is 70.0 Å². The first-order chi connectivity index (χ1) is 26.2. The predicted octanol–water partition coefficient (Wildman–Crippen LogP) is 4.48. The molecule has 13 nitrogen and oxygen atoms in total. The lowest BCUT2D eigenvalue weighted by Gasteiger charge is -2.40. The molecule has 1 aliphatic heterocycles. The number of fused-ring (bicyclic) bond motifs is 2. The van der Waals surface area contributed by atoms with Crippen LogP contribution in [0, 0.1) is 21.4 Å². The van der Waals surface area contributed by atoms with Crippen molar-refractivity contribution in [2.75, 3.05) is 72.6 Å². The number of nitrogens with one attached hydrogen (secondary N) is 2. The highest BCUT2D eigenvalue weighted by molar-refractivity contribution is 6.97. The van der Waals surface area contributed by atoms with Crippen molar-refractivity contribution in [3.63, 3.8) is 0 Å². The summed E-state index contributed by atoms with van der Waals surface area (Å²) in [6.45, 7) is 6.88. The molecule has 0 saturated heterocycles. The molecule has 3 aromatic carbocycles. The third-order valence-electron chi connectivity index (χ3n) is 9.92. The first-order valence-electron chi connectivity index (χ1n) is 18.1. The fraction of sp³-hybridized carbons (Fsp3) is 0.341. The smallest absolute Gasteiger partial charge is 0.336 e. The molecule has 1 atom stereocenters. The molecule has 0 aromatic heterocycles. The molecule has 2 aliphatic rings. The predicted molar refractivity (Wildman–Crippen MR) is 215 cm³/mol. The van der Waals surface area contributed by atoms with Gasteiger partial charge in [-0.25, -0.2) is 4.79 Å². The van der Waals surface area contributed by atoms with E-state index < -0.39 is 19.0 Å². The monoisotopic (exact) mass is 764 g/mol. The Labute approximate surface area is 322 Å². The van der Waals surface area contributed by atoms with E-state index in [4.69, 9.17) is 14.7 Å². The molecule has 1 heterocycles. The van der Waals surface area contributed by atoms with Gasteiger partial charge in [-0.2, -0.15) is 5.26 Å². The van der Waals surface area contributed by atoms with Crippen LogP contribution < -0.4 is 20.7 Å². The molecule has 0 fully saturated rings. The van der Waals surface area contributed by atoms with Gasteiger partial charge in [0.25, 0.3) is 11.6 Å². The van der Waals surface area contributed by atoms with Crippen molar-refractivity contribution in [2.24, 2.45) is 0 Å². The number of amides is 1. The molecule has 3 aromatic rings. The Bertz CT molecular complexity index is 2100. The Hall–Kier alpha value is -5.43. The maximum absolute atomic E-state index is 13.4. The van der Waals surface area contributed by atoms with Gasteiger partial charge in [0.05, 0.1) is 48.5 Å². The van der Waals surface area contributed by atoms with Gasteiger partial charge in [0.2, 0.25) is 0 Å². The van der Waals surface area contributed by atoms with Gasteiger partial charge in [0.15, 0.2) is 0 Å². The highest BCUT2D eigenvalue weighted by Crippen LogP contribution is 2.43. The molecule has 0 spiro atoms. The highest BCUT2D eigenvalue weighted by Gasteiger charge is 2.41. The zero-order chi connectivity index (χ0) is 39.9. The van der Waals surface area contributed by atoms with E-state index in [-0.39, 0.29) is 48.5 Å². The Morgan fingerprint density at radius 2 is 1.69 bits per heavy atom. The Morgan fingerprint density at radius 1 is 0.964 bits per heavy atom. The first kappa shape index (κ1) is 40.7. The minimum atomic E-state index is -2.24. The summed E-state index contributed by atoms with van der Waals surface area (Å²) in [5.74, 6) is -1.41. The van der Waals surface area contributed by atoms with Crippen LogP contribution in [0.4, 0.5) is 11.4 Å². The van der Waals surface area contributed by atoms with Crippen LogP contribution in [0.2, 0.25) is 13.1 Å². The number of hydrogen-bond donors (Lipinski definition) is 3. The van der Waals surface area contributed by atoms with E-state index >= 15 is 0 Å². The standard InChI is InChI=1S/C41H48N6O7Si/c1-45(2)30-10-13-33-37(23-30)55(5,6)38-24-31(46(3)4)11-14-34(38)39(33)35-22-28(9-12-32(35)41(49)50)40(48)44-16-18-54-20-19-53-17-15-43-26-29-8-7-27(25-42)21-36(29)47(51)52/h7-14,21-24,30,43H,15-20,26H2,1-6H3,(H,44,48)(H,49,50). The summed E-state index contributed by atoms with van der Waals surface area (Å²) in [7, 11) is 5.87. The number of nitro benzene ring substituents is 1. The third kappa shape index (κ3) is 9.27. The zero-order valence-electron chi connectivity index (χ0n) is 32.1. The minimum absolute atomic E-state index is 0.103. The summed E-state index contributed by atoms with van der Waals surface area (Å²) in [5.41, 5.74) is 5.46. The lowest BCUT2D eigenvalue weighted by Crippen LogP contribution is -2.50. The fourth-order valence-corrected chi connectivity index (χ4v) is 10.0. The third-order valence-corrected chi connectivity index (χ3v) is 13.5. The van der Waals surface area contributed by atoms with Gasteiger partial charge < -0.3 is 30.1 Å². The number of rotatable bonds is 17. The van der Waals surface area contributed by atoms with Crippen molar-refractivity contribution in [2.45, 2.75) is 25.7 Å². The highest BCUT2D eigenvalue weighted by atomic mass is 28.3. The number of nitrogens with zero attached hydrogens (tertiary/aromatic N) is 4. The van der Waals surface area contributed by atoms with Crippen LogP contribution in [-0.2, 0) is 16.0 Å². The van der Waals surface area contributed by atoms with Crippen molar-refractivity contribution >= 4 is 42.1 Å². The normalized spacial score (nSPS) is 15.5. The van der Waals surface area contributed by atoms with E-state index in [9.17, 15) is 24.8 Å². The number of nitriles is 1. The van der Waals surface area contributed by atoms with Crippen molar-refractivity contribution in [3.05, 3.63) is 127 Å². The van der Waals surface area contributed by atoms with E-state index in [1.165, 1.54) is 22.5 Å². The van der Waals surface area contributed by atoms with Gasteiger partial charge in [0.1, 0.15) is 8.07 Å². The minimum Gasteiger partial charge on any atom is -0.478 e. The molecule has 0 saturated carbocycles. The molecular formula is C41H48N6O7Si. The largest absolute Gasteiger partial charge is 0.478 e. The van der Waals surface area contributed by atoms with Gasteiger partial charge in [0, 0.05) is 62.7 Å². The van der Waals surface area contributed by atoms with Crippen molar-refractivity contribution in [1.29, 1.82) is 5.26 Å². The van der Waals surface area contributed by atoms with Crippen LogP contribution in [-0.4, -0.2) is 109 Å². The number of allylic oxidation sites excluding steroid dienone is 3. The molecule has 0 radical (unpaired) electrons. The Balaban J connectivity index is 1.21. The average molecular weight is 765 g/mol. The molecule has 3 N–H and O–H groups in total. The number of benzene rings is 3. The van der Waals surface area contributed by atoms with E-state index in [1.54, 1.807) is 24.3 Å². The van der Waals surface area contributed by atoms with Crippen LogP contribution in [0.3, 0.4) is 0 Å². The molecule has 1 amide bonds. The molecule has 1 unspecified atom stereocenters. The molecule has 288 valence electrons. The summed E-state index contributed by atoms with van der Waals surface area (Å²) in [6, 6.07) is 17.5. The number of hydrogen-bond acceptors (Lipinski definition) is 10. The lowest BCUT2D eigenvalue weighted by molar-refractivity contribution is -0.385. The summed E-state index contributed by atoms with van der Waals surface area (Å²) in [6.07, 6.45) is 6.56. The number of anilines is 1. The van der Waals surface area contributed by atoms with Gasteiger partial charge in [-0.1, -0.05) is 37.4 Å². The second-order valence-electron chi connectivity index (χ2n) is 14.4. The maximum Gasteiger partial charge on any atom is 0.336 e. The van der Waals surface area contributed by atoms with Gasteiger partial charge in [-0.3, -0.25) is 19.8 Å². The van der Waals surface area contributed by atoms with Crippen LogP contribution in [0.1, 0.15) is 43.0 Å². The molecular weight excluding hydrogens is 717 g/mol. The number of carboxylic acids is 1. The number of carboxylic acid groups (broad SMARTS) is 1. The van der Waals surface area contributed by atoms with Crippen molar-refractivity contribution in [1.82, 2.24) is 15.5 Å². The average Bonchev–Trinajstić information content (AvgIpc) is 3.16. The second-order valence-corrected chi connectivity index (χ2v) is 18.7. The quantitative estimate of drug-likeness (QED) is 0.0767. The van der Waals surface area contributed by atoms with Crippen molar-refractivity contribution in [3.8, 4) is 6.07 Å². The molecule has 55 heavy (non-hydrogen) atoms. The molecule has 0 bridgehead atoms. The number of aromatic carboxylic acids is 1. The van der Waals surface area contributed by atoms with Crippen LogP contribution in [0.25, 0.3) is 5.57 Å². The van der Waals surface area contributed by atoms with Gasteiger partial charge in [-0.05, 0) is 89.2 Å². The molecule has 5 rings (SSSR count). The number of nitro groups is 1. The van der Waals surface area contributed by atoms with E-state index in [0.29, 0.717) is 43.1 Å². The van der Waals surface area contributed by atoms with Crippen LogP contribution in [0.5, 0.6) is 0 Å². The van der Waals surface area contributed by atoms with Gasteiger partial charge >= 0.3 is 5.97 Å². The summed E-state index contributed by atoms with van der Waals surface area (Å²) < 4.78 is 11.2. The summed E-state index contributed by atoms with van der Waals surface area (Å²) in [4.78, 5) is 41.1. The van der Waals surface area contributed by atoms with E-state index in [0.717, 1.165) is 22.4 Å². The Morgan fingerprint density at radius 3 is 2.35 bits per heavy atom. The summed E-state index contributed by atoms with van der Waals surface area (Å²) >= 11 is 0. The zero-order valence-corrected chi connectivity index (χ0v) is 33.1. The fourth-order valence-electron chi connectivity index (χ4n) is 6.87.